The molecule has 1 aliphatic rings. The molecule has 1 heterocycles. The van der Waals surface area contributed by atoms with Gasteiger partial charge >= 0.3 is 12.1 Å². The Morgan fingerprint density at radius 2 is 1.59 bits per heavy atom. The third kappa shape index (κ3) is 8.29. The van der Waals surface area contributed by atoms with Crippen LogP contribution in [-0.4, -0.2) is 63.4 Å². The van der Waals surface area contributed by atoms with E-state index < -0.39 is 47.5 Å². The van der Waals surface area contributed by atoms with E-state index in [4.69, 9.17) is 9.47 Å². The highest BCUT2D eigenvalue weighted by molar-refractivity contribution is 5.83. The molecule has 5 atom stereocenters. The van der Waals surface area contributed by atoms with Crippen LogP contribution in [0.25, 0.3) is 0 Å². The van der Waals surface area contributed by atoms with Crippen molar-refractivity contribution in [1.29, 1.82) is 0 Å². The van der Waals surface area contributed by atoms with E-state index in [1.54, 1.807) is 41.5 Å². The lowest BCUT2D eigenvalue weighted by Gasteiger charge is -2.40. The molecule has 0 bridgehead atoms. The van der Waals surface area contributed by atoms with Gasteiger partial charge in [0.25, 0.3) is 0 Å². The molecule has 0 aromatic carbocycles. The monoisotopic (exact) mass is 482 g/mol. The van der Waals surface area contributed by atoms with E-state index in [0.29, 0.717) is 19.3 Å². The van der Waals surface area contributed by atoms with Crippen molar-refractivity contribution in [3.8, 4) is 0 Å². The van der Waals surface area contributed by atoms with Gasteiger partial charge in [0.1, 0.15) is 17.2 Å². The number of amides is 2. The minimum atomic E-state index is -0.918. The Balaban J connectivity index is 3.65. The Labute approximate surface area is 205 Å². The van der Waals surface area contributed by atoms with Crippen molar-refractivity contribution < 1.29 is 29.0 Å². The Morgan fingerprint density at radius 3 is 2.00 bits per heavy atom. The van der Waals surface area contributed by atoms with Gasteiger partial charge in [-0.15, -0.1) is 0 Å². The molecule has 34 heavy (non-hydrogen) atoms. The first-order chi connectivity index (χ1) is 15.6. The number of rotatable bonds is 8. The molecule has 2 N–H and O–H groups in total. The molecule has 196 valence electrons. The van der Waals surface area contributed by atoms with E-state index in [1.807, 2.05) is 32.9 Å². The molecule has 8 heteroatoms. The van der Waals surface area contributed by atoms with Crippen LogP contribution in [0.3, 0.4) is 0 Å². The highest BCUT2D eigenvalue weighted by atomic mass is 16.6. The van der Waals surface area contributed by atoms with Gasteiger partial charge in [-0.1, -0.05) is 38.8 Å². The van der Waals surface area contributed by atoms with E-state index in [9.17, 15) is 19.5 Å². The van der Waals surface area contributed by atoms with Gasteiger partial charge < -0.3 is 19.9 Å². The maximum absolute atomic E-state index is 13.5. The predicted octanol–water partition coefficient (Wildman–Crippen LogP) is 4.20. The maximum atomic E-state index is 13.5. The number of nitrogens with zero attached hydrogens (tertiary/aromatic N) is 1. The average molecular weight is 483 g/mol. The second kappa shape index (κ2) is 12.0. The summed E-state index contributed by atoms with van der Waals surface area (Å²) in [4.78, 5) is 40.4. The van der Waals surface area contributed by atoms with Crippen molar-refractivity contribution in [1.82, 2.24) is 10.2 Å². The molecular weight excluding hydrogens is 436 g/mol. The second-order valence-electron chi connectivity index (χ2n) is 11.1. The van der Waals surface area contributed by atoms with E-state index in [1.165, 1.54) is 11.8 Å². The molecule has 0 aromatic heterocycles. The average Bonchev–Trinajstić information content (AvgIpc) is 3.04. The van der Waals surface area contributed by atoms with Crippen LogP contribution in [0.15, 0.2) is 12.2 Å². The van der Waals surface area contributed by atoms with Crippen LogP contribution < -0.4 is 5.32 Å². The first-order valence-corrected chi connectivity index (χ1v) is 12.4. The second-order valence-corrected chi connectivity index (χ2v) is 11.1. The summed E-state index contributed by atoms with van der Waals surface area (Å²) >= 11 is 0. The Bertz CT molecular complexity index is 733. The molecule has 2 amide bonds. The van der Waals surface area contributed by atoms with Gasteiger partial charge in [0.15, 0.2) is 0 Å². The fourth-order valence-electron chi connectivity index (χ4n) is 4.62. The number of carbonyl (C=O) groups excluding carboxylic acids is 3. The lowest BCUT2D eigenvalue weighted by molar-refractivity contribution is -0.160. The molecule has 1 rings (SSSR count). The fraction of sp³-hybridized carbons (Fsp3) is 0.808. The Hall–Kier alpha value is -2.09. The third-order valence-electron chi connectivity index (χ3n) is 5.95. The zero-order valence-corrected chi connectivity index (χ0v) is 22.7. The van der Waals surface area contributed by atoms with Crippen molar-refractivity contribution in [2.24, 2.45) is 11.8 Å². The summed E-state index contributed by atoms with van der Waals surface area (Å²) in [5, 5.41) is 14.3. The van der Waals surface area contributed by atoms with E-state index in [2.05, 4.69) is 5.32 Å². The molecule has 1 fully saturated rings. The summed E-state index contributed by atoms with van der Waals surface area (Å²) in [7, 11) is 0. The van der Waals surface area contributed by atoms with E-state index in [0.717, 1.165) is 0 Å². The standard InChI is InChI=1S/C26H46N2O6/c1-11-14-18-15-19(23(31)33-25(5,6)7)28(24(32)34-26(8,9)10)21(18)20(27-16(4)29)22(30)17(12-2)13-3/h11,14,17-22,30H,12-13,15H2,1-10H3,(H,27,29)/t18-,19+,20-,21-,22-/m1/s1. The number of aliphatic hydroxyl groups excluding tert-OH is 1. The first kappa shape index (κ1) is 29.9. The molecule has 0 aliphatic carbocycles. The number of allylic oxidation sites excluding steroid dienone is 1. The van der Waals surface area contributed by atoms with Crippen LogP contribution in [0.4, 0.5) is 4.79 Å². The van der Waals surface area contributed by atoms with Crippen molar-refractivity contribution in [2.75, 3.05) is 0 Å². The summed E-state index contributed by atoms with van der Waals surface area (Å²) in [6.45, 7) is 17.8. The number of esters is 1. The summed E-state index contributed by atoms with van der Waals surface area (Å²) in [5.41, 5.74) is -1.53. The van der Waals surface area contributed by atoms with Gasteiger partial charge in [0, 0.05) is 12.8 Å². The smallest absolute Gasteiger partial charge is 0.411 e. The van der Waals surface area contributed by atoms with Crippen LogP contribution in [-0.2, 0) is 19.1 Å². The number of likely N-dealkylation sites (tertiary alicyclic amines) is 1. The maximum Gasteiger partial charge on any atom is 0.411 e. The van der Waals surface area contributed by atoms with Crippen molar-refractivity contribution in [2.45, 2.75) is 124 Å². The van der Waals surface area contributed by atoms with Gasteiger partial charge in [-0.25, -0.2) is 9.59 Å². The molecule has 0 saturated carbocycles. The molecule has 8 nitrogen and oxygen atoms in total. The zero-order chi connectivity index (χ0) is 26.4. The van der Waals surface area contributed by atoms with Crippen LogP contribution in [0.5, 0.6) is 0 Å². The van der Waals surface area contributed by atoms with Crippen LogP contribution in [0.1, 0.15) is 88.5 Å². The number of hydrogen-bond acceptors (Lipinski definition) is 6. The largest absolute Gasteiger partial charge is 0.458 e. The molecule has 0 spiro atoms. The highest BCUT2D eigenvalue weighted by Gasteiger charge is 2.53. The number of carbonyl (C=O) groups is 3. The van der Waals surface area contributed by atoms with Crippen molar-refractivity contribution in [3.63, 3.8) is 0 Å². The van der Waals surface area contributed by atoms with Gasteiger partial charge in [-0.05, 0) is 60.8 Å². The summed E-state index contributed by atoms with van der Waals surface area (Å²) in [5.74, 6) is -1.24. The lowest BCUT2D eigenvalue weighted by Crippen LogP contribution is -2.61. The topological polar surface area (TPSA) is 105 Å². The fourth-order valence-corrected chi connectivity index (χ4v) is 4.62. The van der Waals surface area contributed by atoms with E-state index >= 15 is 0 Å². The number of aliphatic hydroxyl groups is 1. The molecule has 0 unspecified atom stereocenters. The minimum Gasteiger partial charge on any atom is -0.458 e. The molecule has 0 radical (unpaired) electrons. The van der Waals surface area contributed by atoms with Gasteiger partial charge in [0.05, 0.1) is 18.2 Å². The normalized spacial score (nSPS) is 23.2. The lowest BCUT2D eigenvalue weighted by atomic mass is 9.83. The molecule has 1 aliphatic heterocycles. The van der Waals surface area contributed by atoms with Crippen LogP contribution in [0.2, 0.25) is 0 Å². The summed E-state index contributed by atoms with van der Waals surface area (Å²) in [6.07, 6.45) is 3.89. The Kier molecular flexibility index (Phi) is 10.6. The quantitative estimate of drug-likeness (QED) is 0.397. The summed E-state index contributed by atoms with van der Waals surface area (Å²) < 4.78 is 11.4. The summed E-state index contributed by atoms with van der Waals surface area (Å²) in [6, 6.07) is -2.39. The number of ether oxygens (including phenoxy) is 2. The SMILES string of the molecule is CC=C[C@@H]1C[C@@H](C(=O)OC(C)(C)C)N(C(=O)OC(C)(C)C)[C@H]1[C@@H](NC(C)=O)[C@H](O)C(CC)CC. The highest BCUT2D eigenvalue weighted by Crippen LogP contribution is 2.38. The Morgan fingerprint density at radius 1 is 1.06 bits per heavy atom. The number of hydrogen-bond donors (Lipinski definition) is 2. The zero-order valence-electron chi connectivity index (χ0n) is 22.7. The van der Waals surface area contributed by atoms with Gasteiger partial charge in [0.2, 0.25) is 5.91 Å². The molecular formula is C26H46N2O6. The third-order valence-corrected chi connectivity index (χ3v) is 5.95. The molecule has 1 saturated heterocycles. The van der Waals surface area contributed by atoms with Crippen LogP contribution >= 0.6 is 0 Å². The van der Waals surface area contributed by atoms with Crippen molar-refractivity contribution >= 4 is 18.0 Å². The first-order valence-electron chi connectivity index (χ1n) is 12.4. The number of nitrogens with one attached hydrogen (secondary N) is 1. The molecule has 0 aromatic rings. The predicted molar refractivity (Wildman–Crippen MR) is 132 cm³/mol. The van der Waals surface area contributed by atoms with Gasteiger partial charge in [-0.2, -0.15) is 0 Å². The van der Waals surface area contributed by atoms with Gasteiger partial charge in [-0.3, -0.25) is 9.69 Å². The van der Waals surface area contributed by atoms with Crippen LogP contribution in [0, 0.1) is 11.8 Å². The van der Waals surface area contributed by atoms with E-state index in [-0.39, 0.29) is 17.7 Å². The minimum absolute atomic E-state index is 0.0934. The van der Waals surface area contributed by atoms with Crippen molar-refractivity contribution in [3.05, 3.63) is 12.2 Å².